The van der Waals surface area contributed by atoms with Crippen LogP contribution in [0.4, 0.5) is 0 Å². The summed E-state index contributed by atoms with van der Waals surface area (Å²) in [5, 5.41) is 3.70. The molecular weight excluding hydrogens is 550 g/mol. The lowest BCUT2D eigenvalue weighted by atomic mass is 9.69. The van der Waals surface area contributed by atoms with Crippen LogP contribution in [0.15, 0.2) is 131 Å². The van der Waals surface area contributed by atoms with Gasteiger partial charge in [0, 0.05) is 26.2 Å². The molecule has 0 bridgehead atoms. The maximum absolute atomic E-state index is 5.25. The summed E-state index contributed by atoms with van der Waals surface area (Å²) in [6.45, 7) is 0. The van der Waals surface area contributed by atoms with Gasteiger partial charge in [0.05, 0.1) is 16.6 Å². The van der Waals surface area contributed by atoms with E-state index in [1.54, 1.807) is 0 Å². The largest absolute Gasteiger partial charge is 0.247 e. The van der Waals surface area contributed by atoms with Gasteiger partial charge >= 0.3 is 0 Å². The summed E-state index contributed by atoms with van der Waals surface area (Å²) in [6.07, 6.45) is 6.99. The van der Waals surface area contributed by atoms with Crippen LogP contribution in [0.1, 0.15) is 35.1 Å². The Morgan fingerprint density at radius 2 is 1.45 bits per heavy atom. The standard InChI is InChI=1S/C38H24BrN/c39-24-11-9-10-23(22-24)37-29-20-21-33-36(35(29)28-15-4-8-19-34(28)40-37)27-14-3-7-18-32(27)38(33)30-16-5-1-12-25(30)26-13-2-6-17-31(26)38/h1,3-12,14-22H,2,13H2. The summed E-state index contributed by atoms with van der Waals surface area (Å²) in [5.41, 5.74) is 14.1. The second kappa shape index (κ2) is 8.13. The molecule has 1 nitrogen and oxygen atoms in total. The molecule has 0 radical (unpaired) electrons. The highest BCUT2D eigenvalue weighted by Crippen LogP contribution is 2.64. The number of pyridine rings is 1. The lowest BCUT2D eigenvalue weighted by molar-refractivity contribution is 0.781. The first kappa shape index (κ1) is 22.5. The van der Waals surface area contributed by atoms with Crippen molar-refractivity contribution in [3.8, 4) is 22.4 Å². The first-order valence-corrected chi connectivity index (χ1v) is 14.8. The van der Waals surface area contributed by atoms with E-state index in [1.807, 2.05) is 0 Å². The Morgan fingerprint density at radius 3 is 2.33 bits per heavy atom. The third kappa shape index (κ3) is 2.75. The van der Waals surface area contributed by atoms with Crippen LogP contribution >= 0.6 is 15.9 Å². The minimum absolute atomic E-state index is 0.302. The Bertz CT molecular complexity index is 2130. The number of aromatic nitrogens is 1. The number of benzene rings is 5. The Balaban J connectivity index is 1.50. The molecule has 0 amide bonds. The molecule has 6 aromatic rings. The van der Waals surface area contributed by atoms with Gasteiger partial charge in [0.2, 0.25) is 0 Å². The molecule has 5 aromatic carbocycles. The number of allylic oxidation sites excluding steroid dienone is 4. The molecule has 1 aromatic heterocycles. The maximum atomic E-state index is 5.25. The summed E-state index contributed by atoms with van der Waals surface area (Å²) in [4.78, 5) is 5.25. The van der Waals surface area contributed by atoms with Crippen LogP contribution < -0.4 is 0 Å². The zero-order valence-corrected chi connectivity index (χ0v) is 23.4. The second-order valence-corrected chi connectivity index (χ2v) is 12.0. The van der Waals surface area contributed by atoms with Crippen LogP contribution in [-0.4, -0.2) is 4.98 Å². The molecule has 9 rings (SSSR count). The van der Waals surface area contributed by atoms with Crippen LogP contribution in [0.25, 0.3) is 49.6 Å². The predicted molar refractivity (Wildman–Crippen MR) is 169 cm³/mol. The molecule has 1 unspecified atom stereocenters. The second-order valence-electron chi connectivity index (χ2n) is 11.1. The minimum atomic E-state index is -0.302. The molecule has 0 aliphatic heterocycles. The van der Waals surface area contributed by atoms with E-state index in [4.69, 9.17) is 4.98 Å². The van der Waals surface area contributed by atoms with E-state index in [2.05, 4.69) is 137 Å². The zero-order chi connectivity index (χ0) is 26.4. The number of nitrogens with zero attached hydrogens (tertiary/aromatic N) is 1. The van der Waals surface area contributed by atoms with Gasteiger partial charge in [-0.15, -0.1) is 0 Å². The average molecular weight is 575 g/mol. The molecule has 1 atom stereocenters. The van der Waals surface area contributed by atoms with Crippen molar-refractivity contribution in [2.75, 3.05) is 0 Å². The summed E-state index contributed by atoms with van der Waals surface area (Å²) in [5.74, 6) is 0. The summed E-state index contributed by atoms with van der Waals surface area (Å²) in [6, 6.07) is 40.2. The van der Waals surface area contributed by atoms with Gasteiger partial charge < -0.3 is 0 Å². The molecule has 0 saturated carbocycles. The van der Waals surface area contributed by atoms with Crippen LogP contribution in [0.5, 0.6) is 0 Å². The SMILES string of the molecule is Brc1cccc(-c2nc3ccccc3c3c4c(ccc23)C2(C3=C(CCC=C3)c3ccccc32)c2ccccc2-4)c1. The molecule has 188 valence electrons. The van der Waals surface area contributed by atoms with Crippen LogP contribution in [-0.2, 0) is 5.41 Å². The van der Waals surface area contributed by atoms with Crippen molar-refractivity contribution in [3.63, 3.8) is 0 Å². The third-order valence-electron chi connectivity index (χ3n) is 9.20. The van der Waals surface area contributed by atoms with Crippen molar-refractivity contribution in [1.29, 1.82) is 0 Å². The number of fused-ring (bicyclic) bond motifs is 13. The fourth-order valence-electron chi connectivity index (χ4n) is 7.76. The molecule has 0 fully saturated rings. The number of rotatable bonds is 1. The van der Waals surface area contributed by atoms with E-state index in [1.165, 1.54) is 60.7 Å². The first-order chi connectivity index (χ1) is 19.8. The number of para-hydroxylation sites is 1. The van der Waals surface area contributed by atoms with E-state index in [0.717, 1.165) is 34.1 Å². The number of hydrogen-bond donors (Lipinski definition) is 0. The third-order valence-corrected chi connectivity index (χ3v) is 9.69. The minimum Gasteiger partial charge on any atom is -0.247 e. The molecule has 40 heavy (non-hydrogen) atoms. The van der Waals surface area contributed by atoms with Gasteiger partial charge in [-0.05, 0) is 75.6 Å². The normalized spacial score (nSPS) is 18.3. The molecule has 2 heteroatoms. The molecule has 0 saturated heterocycles. The van der Waals surface area contributed by atoms with Gasteiger partial charge in [-0.1, -0.05) is 119 Å². The molecule has 1 heterocycles. The average Bonchev–Trinajstić information content (AvgIpc) is 3.48. The van der Waals surface area contributed by atoms with Crippen molar-refractivity contribution in [2.24, 2.45) is 0 Å². The van der Waals surface area contributed by atoms with E-state index in [-0.39, 0.29) is 5.41 Å². The van der Waals surface area contributed by atoms with Gasteiger partial charge in [0.25, 0.3) is 0 Å². The van der Waals surface area contributed by atoms with Gasteiger partial charge in [0.15, 0.2) is 0 Å². The molecular formula is C38H24BrN. The predicted octanol–water partition coefficient (Wildman–Crippen LogP) is 10.2. The fraction of sp³-hybridized carbons (Fsp3) is 0.0789. The highest BCUT2D eigenvalue weighted by atomic mass is 79.9. The summed E-state index contributed by atoms with van der Waals surface area (Å²) >= 11 is 3.69. The Kier molecular flexibility index (Phi) is 4.58. The van der Waals surface area contributed by atoms with E-state index in [9.17, 15) is 0 Å². The Hall–Kier alpha value is -4.27. The lowest BCUT2D eigenvalue weighted by Gasteiger charge is -2.32. The lowest BCUT2D eigenvalue weighted by Crippen LogP contribution is -2.27. The van der Waals surface area contributed by atoms with Gasteiger partial charge in [-0.2, -0.15) is 0 Å². The van der Waals surface area contributed by atoms with Gasteiger partial charge in [0.1, 0.15) is 0 Å². The zero-order valence-electron chi connectivity index (χ0n) is 21.8. The summed E-state index contributed by atoms with van der Waals surface area (Å²) in [7, 11) is 0. The Morgan fingerprint density at radius 1 is 0.675 bits per heavy atom. The number of halogens is 1. The van der Waals surface area contributed by atoms with Crippen LogP contribution in [0.3, 0.4) is 0 Å². The highest BCUT2D eigenvalue weighted by molar-refractivity contribution is 9.10. The van der Waals surface area contributed by atoms with Gasteiger partial charge in [-0.25, -0.2) is 4.98 Å². The molecule has 0 N–H and O–H groups in total. The van der Waals surface area contributed by atoms with Crippen molar-refractivity contribution in [3.05, 3.63) is 154 Å². The molecule has 1 spiro atoms. The van der Waals surface area contributed by atoms with Crippen LogP contribution in [0.2, 0.25) is 0 Å². The van der Waals surface area contributed by atoms with E-state index in [0.29, 0.717) is 0 Å². The van der Waals surface area contributed by atoms with Crippen molar-refractivity contribution in [1.82, 2.24) is 4.98 Å². The quantitative estimate of drug-likeness (QED) is 0.178. The maximum Gasteiger partial charge on any atom is 0.0788 e. The number of hydrogen-bond acceptors (Lipinski definition) is 1. The monoisotopic (exact) mass is 573 g/mol. The van der Waals surface area contributed by atoms with E-state index < -0.39 is 0 Å². The molecule has 3 aliphatic rings. The Labute approximate surface area is 241 Å². The highest BCUT2D eigenvalue weighted by Gasteiger charge is 2.52. The van der Waals surface area contributed by atoms with Crippen LogP contribution in [0, 0.1) is 0 Å². The van der Waals surface area contributed by atoms with Crippen molar-refractivity contribution >= 4 is 43.2 Å². The van der Waals surface area contributed by atoms with Crippen molar-refractivity contribution < 1.29 is 0 Å². The fourth-order valence-corrected chi connectivity index (χ4v) is 8.16. The first-order valence-electron chi connectivity index (χ1n) is 14.0. The topological polar surface area (TPSA) is 12.9 Å². The smallest absolute Gasteiger partial charge is 0.0788 e. The van der Waals surface area contributed by atoms with Gasteiger partial charge in [-0.3, -0.25) is 0 Å². The molecule has 3 aliphatic carbocycles. The van der Waals surface area contributed by atoms with E-state index >= 15 is 0 Å². The summed E-state index contributed by atoms with van der Waals surface area (Å²) < 4.78 is 1.06. The van der Waals surface area contributed by atoms with Crippen molar-refractivity contribution in [2.45, 2.75) is 18.3 Å².